The minimum absolute atomic E-state index is 0.170. The molecule has 22 heavy (non-hydrogen) atoms. The molecule has 1 heterocycles. The predicted molar refractivity (Wildman–Crippen MR) is 92.3 cm³/mol. The highest BCUT2D eigenvalue weighted by Crippen LogP contribution is 2.14. The number of nitrogens with zero attached hydrogens (tertiary/aromatic N) is 1. The second-order valence-corrected chi connectivity index (χ2v) is 5.92. The molecule has 1 aromatic rings. The Morgan fingerprint density at radius 2 is 2.00 bits per heavy atom. The van der Waals surface area contributed by atoms with Gasteiger partial charge >= 0.3 is 0 Å². The van der Waals surface area contributed by atoms with Crippen molar-refractivity contribution in [3.63, 3.8) is 0 Å². The number of thiocarbonyl (C=S) groups is 1. The SMILES string of the molecule is CCCOc1cccc(C(=O)NC(=S)N2CCCCCC2)c1. The van der Waals surface area contributed by atoms with Crippen molar-refractivity contribution in [3.8, 4) is 5.75 Å². The van der Waals surface area contributed by atoms with Crippen molar-refractivity contribution in [1.82, 2.24) is 10.2 Å². The highest BCUT2D eigenvalue weighted by atomic mass is 32.1. The topological polar surface area (TPSA) is 41.6 Å². The second kappa shape index (κ2) is 8.73. The number of rotatable bonds is 4. The lowest BCUT2D eigenvalue weighted by Crippen LogP contribution is -2.43. The predicted octanol–water partition coefficient (Wildman–Crippen LogP) is 3.37. The first-order valence-corrected chi connectivity index (χ1v) is 8.44. The molecular weight excluding hydrogens is 296 g/mol. The van der Waals surface area contributed by atoms with Crippen molar-refractivity contribution < 1.29 is 9.53 Å². The molecule has 1 aliphatic rings. The summed E-state index contributed by atoms with van der Waals surface area (Å²) in [5, 5.41) is 3.37. The van der Waals surface area contributed by atoms with Gasteiger partial charge in [-0.05, 0) is 49.7 Å². The standard InChI is InChI=1S/C17H24N2O2S/c1-2-12-21-15-9-7-8-14(13-15)16(20)18-17(22)19-10-5-3-4-6-11-19/h7-9,13H,2-6,10-12H2,1H3,(H,18,20,22). The van der Waals surface area contributed by atoms with Crippen LogP contribution in [0.3, 0.4) is 0 Å². The minimum Gasteiger partial charge on any atom is -0.494 e. The lowest BCUT2D eigenvalue weighted by molar-refractivity contribution is 0.0973. The average Bonchev–Trinajstić information content (AvgIpc) is 2.82. The molecule has 1 amide bonds. The molecule has 0 atom stereocenters. The lowest BCUT2D eigenvalue weighted by Gasteiger charge is -2.23. The Bertz CT molecular complexity index is 511. The van der Waals surface area contributed by atoms with E-state index in [0.29, 0.717) is 17.3 Å². The van der Waals surface area contributed by atoms with Gasteiger partial charge in [-0.3, -0.25) is 10.1 Å². The molecule has 4 nitrogen and oxygen atoms in total. The molecule has 2 rings (SSSR count). The Labute approximate surface area is 137 Å². The van der Waals surface area contributed by atoms with Gasteiger partial charge in [0.2, 0.25) is 0 Å². The van der Waals surface area contributed by atoms with Crippen molar-refractivity contribution in [1.29, 1.82) is 0 Å². The summed E-state index contributed by atoms with van der Waals surface area (Å²) >= 11 is 5.38. The number of likely N-dealkylation sites (tertiary alicyclic amines) is 1. The number of carbonyl (C=O) groups is 1. The Balaban J connectivity index is 1.94. The summed E-state index contributed by atoms with van der Waals surface area (Å²) in [5.41, 5.74) is 0.575. The molecule has 5 heteroatoms. The molecule has 1 N–H and O–H groups in total. The first-order valence-electron chi connectivity index (χ1n) is 8.04. The molecule has 1 aliphatic heterocycles. The monoisotopic (exact) mass is 320 g/mol. The van der Waals surface area contributed by atoms with Gasteiger partial charge in [0, 0.05) is 18.7 Å². The fourth-order valence-corrected chi connectivity index (χ4v) is 2.74. The summed E-state index contributed by atoms with van der Waals surface area (Å²) in [5.74, 6) is 0.548. The number of benzene rings is 1. The van der Waals surface area contributed by atoms with E-state index in [1.165, 1.54) is 12.8 Å². The van der Waals surface area contributed by atoms with E-state index in [-0.39, 0.29) is 5.91 Å². The van der Waals surface area contributed by atoms with Gasteiger partial charge in [0.25, 0.3) is 5.91 Å². The minimum atomic E-state index is -0.170. The number of carbonyl (C=O) groups excluding carboxylic acids is 1. The van der Waals surface area contributed by atoms with E-state index in [1.807, 2.05) is 12.1 Å². The first kappa shape index (κ1) is 16.7. The molecule has 0 spiro atoms. The van der Waals surface area contributed by atoms with Crippen LogP contribution in [-0.2, 0) is 0 Å². The molecule has 0 radical (unpaired) electrons. The van der Waals surface area contributed by atoms with Crippen LogP contribution in [0.5, 0.6) is 5.75 Å². The maximum absolute atomic E-state index is 12.3. The Morgan fingerprint density at radius 3 is 2.68 bits per heavy atom. The molecular formula is C17H24N2O2S. The number of hydrogen-bond acceptors (Lipinski definition) is 3. The maximum Gasteiger partial charge on any atom is 0.257 e. The van der Waals surface area contributed by atoms with Gasteiger partial charge in [0.05, 0.1) is 6.61 Å². The quantitative estimate of drug-likeness (QED) is 0.864. The van der Waals surface area contributed by atoms with E-state index in [1.54, 1.807) is 12.1 Å². The van der Waals surface area contributed by atoms with Gasteiger partial charge in [-0.25, -0.2) is 0 Å². The van der Waals surface area contributed by atoms with Crippen LogP contribution in [0.15, 0.2) is 24.3 Å². The van der Waals surface area contributed by atoms with Gasteiger partial charge in [0.15, 0.2) is 5.11 Å². The number of hydrogen-bond donors (Lipinski definition) is 1. The van der Waals surface area contributed by atoms with Gasteiger partial charge in [-0.1, -0.05) is 25.8 Å². The van der Waals surface area contributed by atoms with E-state index in [0.717, 1.165) is 38.1 Å². The van der Waals surface area contributed by atoms with Crippen LogP contribution in [0.4, 0.5) is 0 Å². The first-order chi connectivity index (χ1) is 10.7. The normalized spacial score (nSPS) is 15.0. The zero-order valence-electron chi connectivity index (χ0n) is 13.1. The molecule has 1 saturated heterocycles. The largest absolute Gasteiger partial charge is 0.494 e. The van der Waals surface area contributed by atoms with Crippen molar-refractivity contribution in [3.05, 3.63) is 29.8 Å². The van der Waals surface area contributed by atoms with E-state index in [9.17, 15) is 4.79 Å². The van der Waals surface area contributed by atoms with Gasteiger partial charge < -0.3 is 9.64 Å². The molecule has 0 unspecified atom stereocenters. The zero-order valence-corrected chi connectivity index (χ0v) is 14.0. The third-order valence-corrected chi connectivity index (χ3v) is 4.04. The highest BCUT2D eigenvalue weighted by Gasteiger charge is 2.15. The summed E-state index contributed by atoms with van der Waals surface area (Å²) < 4.78 is 5.56. The summed E-state index contributed by atoms with van der Waals surface area (Å²) in [7, 11) is 0. The van der Waals surface area contributed by atoms with E-state index >= 15 is 0 Å². The average molecular weight is 320 g/mol. The third-order valence-electron chi connectivity index (χ3n) is 3.68. The van der Waals surface area contributed by atoms with Gasteiger partial charge in [0.1, 0.15) is 5.75 Å². The van der Waals surface area contributed by atoms with Crippen LogP contribution in [0.2, 0.25) is 0 Å². The molecule has 1 aromatic carbocycles. The van der Waals surface area contributed by atoms with Gasteiger partial charge in [-0.15, -0.1) is 0 Å². The Hall–Kier alpha value is -1.62. The number of nitrogens with one attached hydrogen (secondary N) is 1. The van der Waals surface area contributed by atoms with Crippen LogP contribution < -0.4 is 10.1 Å². The van der Waals surface area contributed by atoms with Crippen LogP contribution >= 0.6 is 12.2 Å². The van der Waals surface area contributed by atoms with E-state index in [4.69, 9.17) is 17.0 Å². The highest BCUT2D eigenvalue weighted by molar-refractivity contribution is 7.80. The van der Waals surface area contributed by atoms with Crippen LogP contribution in [0.25, 0.3) is 0 Å². The molecule has 0 aromatic heterocycles. The molecule has 0 aliphatic carbocycles. The smallest absolute Gasteiger partial charge is 0.257 e. The summed E-state index contributed by atoms with van der Waals surface area (Å²) in [6, 6.07) is 7.23. The van der Waals surface area contributed by atoms with Crippen LogP contribution in [0, 0.1) is 0 Å². The van der Waals surface area contributed by atoms with Crippen molar-refractivity contribution in [2.45, 2.75) is 39.0 Å². The van der Waals surface area contributed by atoms with E-state index in [2.05, 4.69) is 17.1 Å². The number of amides is 1. The van der Waals surface area contributed by atoms with Crippen molar-refractivity contribution in [2.75, 3.05) is 19.7 Å². The third kappa shape index (κ3) is 4.98. The van der Waals surface area contributed by atoms with Crippen molar-refractivity contribution >= 4 is 23.2 Å². The molecule has 0 saturated carbocycles. The lowest BCUT2D eigenvalue weighted by atomic mass is 10.2. The second-order valence-electron chi connectivity index (χ2n) is 5.54. The Morgan fingerprint density at radius 1 is 1.27 bits per heavy atom. The molecule has 1 fully saturated rings. The Kier molecular flexibility index (Phi) is 6.65. The summed E-state index contributed by atoms with van der Waals surface area (Å²) in [6.07, 6.45) is 5.69. The maximum atomic E-state index is 12.3. The van der Waals surface area contributed by atoms with Crippen LogP contribution in [0.1, 0.15) is 49.4 Å². The summed E-state index contributed by atoms with van der Waals surface area (Å²) in [6.45, 7) is 4.56. The van der Waals surface area contributed by atoms with Gasteiger partial charge in [-0.2, -0.15) is 0 Å². The van der Waals surface area contributed by atoms with E-state index < -0.39 is 0 Å². The van der Waals surface area contributed by atoms with Crippen LogP contribution in [-0.4, -0.2) is 35.6 Å². The van der Waals surface area contributed by atoms with Crippen molar-refractivity contribution in [2.24, 2.45) is 0 Å². The summed E-state index contributed by atoms with van der Waals surface area (Å²) in [4.78, 5) is 14.4. The fourth-order valence-electron chi connectivity index (χ4n) is 2.47. The number of ether oxygens (including phenoxy) is 1. The fraction of sp³-hybridized carbons (Fsp3) is 0.529. The molecule has 0 bridgehead atoms. The molecule has 120 valence electrons. The zero-order chi connectivity index (χ0) is 15.8.